The second-order valence-electron chi connectivity index (χ2n) is 9.70. The van der Waals surface area contributed by atoms with Crippen LogP contribution in [0.1, 0.15) is 71.1 Å². The van der Waals surface area contributed by atoms with Gasteiger partial charge in [0, 0.05) is 6.61 Å². The summed E-state index contributed by atoms with van der Waals surface area (Å²) in [6.07, 6.45) is 0.178. The van der Waals surface area contributed by atoms with E-state index in [0.717, 1.165) is 19.3 Å². The van der Waals surface area contributed by atoms with Crippen molar-refractivity contribution in [3.05, 3.63) is 0 Å². The number of fused-ring (bicyclic) bond motifs is 2. The molecule has 0 unspecified atom stereocenters. The first-order valence-electron chi connectivity index (χ1n) is 13.2. The third kappa shape index (κ3) is 7.78. The van der Waals surface area contributed by atoms with Crippen LogP contribution in [0.15, 0.2) is 0 Å². The second-order valence-corrected chi connectivity index (χ2v) is 9.70. The topological polar surface area (TPSA) is 157 Å². The Morgan fingerprint density at radius 3 is 1.83 bits per heavy atom. The maximum absolute atomic E-state index is 10.8. The van der Waals surface area contributed by atoms with E-state index in [1.54, 1.807) is 0 Å². The molecule has 0 aromatic rings. The molecular formula is C24H44O11. The standard InChI is InChI=1S/C24H44O11/c1-2-3-4-5-6-7-8-9-10-11-12-30-23-19(29)21-20(16(14-26)32-23)33-24-22(35-34-21)18(28)17(27)15(13-25)31-24/h15-29H,2-14H2,1H3/t15-,16-,17-,18+,19-,20-,21-,22-,23-,24-/m1/s1. The van der Waals surface area contributed by atoms with Crippen molar-refractivity contribution >= 4 is 0 Å². The molecule has 0 radical (unpaired) electrons. The molecule has 3 heterocycles. The monoisotopic (exact) mass is 508 g/mol. The first kappa shape index (κ1) is 29.1. The van der Waals surface area contributed by atoms with E-state index in [0.29, 0.717) is 6.61 Å². The van der Waals surface area contributed by atoms with Gasteiger partial charge in [-0.3, -0.25) is 0 Å². The third-order valence-corrected chi connectivity index (χ3v) is 6.97. The predicted octanol–water partition coefficient (Wildman–Crippen LogP) is 0.525. The SMILES string of the molecule is CCCCCCCCCCCCO[C@@H]1O[C@H](CO)[C@H]2O[C@H]3O[C@H](CO)[C@@H](O)[C@H](O)[C@H]3OO[C@@H]2[C@H]1O. The van der Waals surface area contributed by atoms with Gasteiger partial charge in [-0.2, -0.15) is 0 Å². The highest BCUT2D eigenvalue weighted by Gasteiger charge is 2.55. The Morgan fingerprint density at radius 1 is 0.600 bits per heavy atom. The van der Waals surface area contributed by atoms with Gasteiger partial charge in [-0.05, 0) is 6.42 Å². The lowest BCUT2D eigenvalue weighted by Gasteiger charge is -2.43. The summed E-state index contributed by atoms with van der Waals surface area (Å²) >= 11 is 0. The Hall–Kier alpha value is -0.440. The number of aliphatic hydroxyl groups is 5. The summed E-state index contributed by atoms with van der Waals surface area (Å²) in [5, 5.41) is 50.5. The van der Waals surface area contributed by atoms with Gasteiger partial charge in [0.2, 0.25) is 0 Å². The van der Waals surface area contributed by atoms with Crippen LogP contribution in [0.5, 0.6) is 0 Å². The van der Waals surface area contributed by atoms with Crippen LogP contribution < -0.4 is 0 Å². The summed E-state index contributed by atoms with van der Waals surface area (Å²) in [6, 6.07) is 0. The fourth-order valence-corrected chi connectivity index (χ4v) is 4.79. The van der Waals surface area contributed by atoms with E-state index in [-0.39, 0.29) is 0 Å². The van der Waals surface area contributed by atoms with Gasteiger partial charge in [-0.25, -0.2) is 9.78 Å². The molecule has 0 spiro atoms. The molecule has 10 atom stereocenters. The summed E-state index contributed by atoms with van der Waals surface area (Å²) in [5.41, 5.74) is 0. The van der Waals surface area contributed by atoms with Crippen LogP contribution in [0, 0.1) is 0 Å². The van der Waals surface area contributed by atoms with Gasteiger partial charge in [-0.1, -0.05) is 64.7 Å². The smallest absolute Gasteiger partial charge is 0.190 e. The van der Waals surface area contributed by atoms with Crippen molar-refractivity contribution in [3.63, 3.8) is 0 Å². The lowest BCUT2D eigenvalue weighted by Crippen LogP contribution is -2.62. The lowest BCUT2D eigenvalue weighted by atomic mass is 9.97. The maximum atomic E-state index is 10.8. The summed E-state index contributed by atoms with van der Waals surface area (Å²) in [7, 11) is 0. The zero-order valence-corrected chi connectivity index (χ0v) is 20.7. The Morgan fingerprint density at radius 2 is 1.20 bits per heavy atom. The number of hydrogen-bond donors (Lipinski definition) is 5. The van der Waals surface area contributed by atoms with E-state index in [4.69, 9.17) is 28.7 Å². The van der Waals surface area contributed by atoms with Gasteiger partial charge in [0.1, 0.15) is 36.6 Å². The average molecular weight is 509 g/mol. The van der Waals surface area contributed by atoms with Crippen molar-refractivity contribution in [2.75, 3.05) is 19.8 Å². The highest BCUT2D eigenvalue weighted by atomic mass is 17.2. The van der Waals surface area contributed by atoms with Gasteiger partial charge >= 0.3 is 0 Å². The molecule has 3 aliphatic rings. The molecule has 0 amide bonds. The van der Waals surface area contributed by atoms with Crippen molar-refractivity contribution < 1.29 is 54.3 Å². The molecule has 5 N–H and O–H groups in total. The van der Waals surface area contributed by atoms with Gasteiger partial charge in [0.25, 0.3) is 0 Å². The zero-order chi connectivity index (χ0) is 25.2. The van der Waals surface area contributed by atoms with E-state index < -0.39 is 74.6 Å². The Balaban J connectivity index is 1.43. The normalized spacial score (nSPS) is 39.6. The molecule has 3 fully saturated rings. The molecule has 3 saturated heterocycles. The van der Waals surface area contributed by atoms with E-state index in [9.17, 15) is 25.5 Å². The van der Waals surface area contributed by atoms with Crippen LogP contribution in [0.3, 0.4) is 0 Å². The molecule has 11 heteroatoms. The van der Waals surface area contributed by atoms with E-state index in [1.165, 1.54) is 44.9 Å². The van der Waals surface area contributed by atoms with E-state index in [1.807, 2.05) is 0 Å². The fraction of sp³-hybridized carbons (Fsp3) is 1.00. The van der Waals surface area contributed by atoms with Crippen LogP contribution in [0.25, 0.3) is 0 Å². The molecule has 0 aromatic heterocycles. The minimum Gasteiger partial charge on any atom is -0.394 e. The van der Waals surface area contributed by atoms with Gasteiger partial charge in [0.15, 0.2) is 24.8 Å². The van der Waals surface area contributed by atoms with Crippen molar-refractivity contribution in [2.45, 2.75) is 133 Å². The summed E-state index contributed by atoms with van der Waals surface area (Å²) < 4.78 is 22.9. The first-order valence-corrected chi connectivity index (χ1v) is 13.2. The van der Waals surface area contributed by atoms with Crippen LogP contribution in [0.2, 0.25) is 0 Å². The molecule has 3 rings (SSSR count). The summed E-state index contributed by atoms with van der Waals surface area (Å²) in [4.78, 5) is 10.7. The highest BCUT2D eigenvalue weighted by molar-refractivity contribution is 4.96. The number of hydrogen-bond acceptors (Lipinski definition) is 11. The van der Waals surface area contributed by atoms with Crippen molar-refractivity contribution in [3.8, 4) is 0 Å². The van der Waals surface area contributed by atoms with Gasteiger partial charge in [0.05, 0.1) is 13.2 Å². The molecule has 206 valence electrons. The molecular weight excluding hydrogens is 464 g/mol. The van der Waals surface area contributed by atoms with Crippen LogP contribution in [-0.4, -0.2) is 107 Å². The molecule has 11 nitrogen and oxygen atoms in total. The quantitative estimate of drug-likeness (QED) is 0.165. The molecule has 0 saturated carbocycles. The minimum atomic E-state index is -1.46. The van der Waals surface area contributed by atoms with Crippen LogP contribution in [-0.2, 0) is 28.7 Å². The molecule has 0 aliphatic carbocycles. The number of rotatable bonds is 14. The maximum Gasteiger partial charge on any atom is 0.190 e. The Labute approximate surface area is 207 Å². The van der Waals surface area contributed by atoms with Gasteiger partial charge < -0.3 is 44.5 Å². The highest BCUT2D eigenvalue weighted by Crippen LogP contribution is 2.35. The first-order chi connectivity index (χ1) is 17.0. The number of ether oxygens (including phenoxy) is 4. The molecule has 3 aliphatic heterocycles. The molecule has 35 heavy (non-hydrogen) atoms. The minimum absolute atomic E-state index is 0.382. The van der Waals surface area contributed by atoms with Gasteiger partial charge in [-0.15, -0.1) is 0 Å². The fourth-order valence-electron chi connectivity index (χ4n) is 4.79. The average Bonchev–Trinajstić information content (AvgIpc) is 3.06. The molecule has 0 bridgehead atoms. The lowest BCUT2D eigenvalue weighted by molar-refractivity contribution is -0.411. The van der Waals surface area contributed by atoms with Crippen LogP contribution >= 0.6 is 0 Å². The Bertz CT molecular complexity index is 582. The van der Waals surface area contributed by atoms with E-state index in [2.05, 4.69) is 6.92 Å². The van der Waals surface area contributed by atoms with E-state index >= 15 is 0 Å². The Kier molecular flexibility index (Phi) is 12.6. The predicted molar refractivity (Wildman–Crippen MR) is 122 cm³/mol. The largest absolute Gasteiger partial charge is 0.394 e. The second kappa shape index (κ2) is 15.1. The van der Waals surface area contributed by atoms with Crippen LogP contribution in [0.4, 0.5) is 0 Å². The summed E-state index contributed by atoms with van der Waals surface area (Å²) in [6.45, 7) is 1.62. The van der Waals surface area contributed by atoms with Crippen molar-refractivity contribution in [1.82, 2.24) is 0 Å². The number of aliphatic hydroxyl groups excluding tert-OH is 5. The zero-order valence-electron chi connectivity index (χ0n) is 20.7. The summed E-state index contributed by atoms with van der Waals surface area (Å²) in [5.74, 6) is 0. The number of unbranched alkanes of at least 4 members (excludes halogenated alkanes) is 9. The third-order valence-electron chi connectivity index (χ3n) is 6.97. The van der Waals surface area contributed by atoms with Crippen molar-refractivity contribution in [2.24, 2.45) is 0 Å². The molecule has 0 aromatic carbocycles. The van der Waals surface area contributed by atoms with Crippen molar-refractivity contribution in [1.29, 1.82) is 0 Å².